The van der Waals surface area contributed by atoms with Gasteiger partial charge in [-0.2, -0.15) is 5.10 Å². The number of rotatable bonds is 5. The highest BCUT2D eigenvalue weighted by Crippen LogP contribution is 2.35. The number of nitrogens with one attached hydrogen (secondary N) is 2. The molecule has 138 valence electrons. The van der Waals surface area contributed by atoms with E-state index < -0.39 is 0 Å². The van der Waals surface area contributed by atoms with Gasteiger partial charge in [-0.15, -0.1) is 0 Å². The molecule has 3 aromatic rings. The first-order chi connectivity index (χ1) is 13.3. The average Bonchev–Trinajstić information content (AvgIpc) is 3.41. The molecule has 1 aliphatic carbocycles. The minimum Gasteiger partial charge on any atom is -0.331 e. The third-order valence-corrected chi connectivity index (χ3v) is 5.06. The summed E-state index contributed by atoms with van der Waals surface area (Å²) in [5.74, 6) is 1.19. The fraction of sp³-hybridized carbons (Fsp3) is 0.286. The number of amides is 2. The molecule has 1 atom stereocenters. The predicted octanol–water partition coefficient (Wildman–Crippen LogP) is 4.32. The van der Waals surface area contributed by atoms with Gasteiger partial charge in [0.05, 0.1) is 17.9 Å². The molecule has 2 amide bonds. The summed E-state index contributed by atoms with van der Waals surface area (Å²) in [7, 11) is 0. The maximum Gasteiger partial charge on any atom is 0.319 e. The van der Waals surface area contributed by atoms with Gasteiger partial charge in [0.15, 0.2) is 5.82 Å². The summed E-state index contributed by atoms with van der Waals surface area (Å²) in [6, 6.07) is 15.5. The second-order valence-corrected chi connectivity index (χ2v) is 6.89. The SMILES string of the molecule is O=C(Nc1ccc(-n2cccn2)nc1)NC(c1ccccc1)C1CCCC1. The lowest BCUT2D eigenvalue weighted by Crippen LogP contribution is -2.36. The largest absolute Gasteiger partial charge is 0.331 e. The van der Waals surface area contributed by atoms with Crippen molar-refractivity contribution in [2.24, 2.45) is 5.92 Å². The van der Waals surface area contributed by atoms with Crippen molar-refractivity contribution in [2.45, 2.75) is 31.7 Å². The Bertz CT molecular complexity index is 855. The van der Waals surface area contributed by atoms with E-state index >= 15 is 0 Å². The molecule has 1 saturated carbocycles. The average molecular weight is 361 g/mol. The highest BCUT2D eigenvalue weighted by atomic mass is 16.2. The monoisotopic (exact) mass is 361 g/mol. The van der Waals surface area contributed by atoms with E-state index in [4.69, 9.17) is 0 Å². The molecule has 1 fully saturated rings. The highest BCUT2D eigenvalue weighted by molar-refractivity contribution is 5.89. The Kier molecular flexibility index (Phi) is 5.14. The van der Waals surface area contributed by atoms with Crippen molar-refractivity contribution in [3.05, 3.63) is 72.7 Å². The van der Waals surface area contributed by atoms with Crippen LogP contribution in [0.4, 0.5) is 10.5 Å². The van der Waals surface area contributed by atoms with Gasteiger partial charge in [0.1, 0.15) is 0 Å². The van der Waals surface area contributed by atoms with Crippen molar-refractivity contribution >= 4 is 11.7 Å². The van der Waals surface area contributed by atoms with Crippen LogP contribution in [0.25, 0.3) is 5.82 Å². The number of anilines is 1. The van der Waals surface area contributed by atoms with Gasteiger partial charge in [-0.25, -0.2) is 14.5 Å². The summed E-state index contributed by atoms with van der Waals surface area (Å²) in [6.07, 6.45) is 9.94. The molecule has 2 N–H and O–H groups in total. The van der Waals surface area contributed by atoms with Crippen LogP contribution in [0.2, 0.25) is 0 Å². The van der Waals surface area contributed by atoms with E-state index in [0.717, 1.165) is 18.4 Å². The van der Waals surface area contributed by atoms with E-state index in [-0.39, 0.29) is 12.1 Å². The number of benzene rings is 1. The molecule has 0 saturated heterocycles. The normalized spacial score (nSPS) is 15.4. The third kappa shape index (κ3) is 4.16. The molecule has 6 heteroatoms. The summed E-state index contributed by atoms with van der Waals surface area (Å²) < 4.78 is 1.68. The van der Waals surface area contributed by atoms with Crippen LogP contribution in [0.1, 0.15) is 37.3 Å². The van der Waals surface area contributed by atoms with Gasteiger partial charge in [0, 0.05) is 12.4 Å². The van der Waals surface area contributed by atoms with Crippen LogP contribution in [-0.4, -0.2) is 20.8 Å². The molecular weight excluding hydrogens is 338 g/mol. The van der Waals surface area contributed by atoms with Crippen LogP contribution in [0.5, 0.6) is 0 Å². The molecule has 2 aromatic heterocycles. The molecule has 27 heavy (non-hydrogen) atoms. The standard InChI is InChI=1S/C21H23N5O/c27-21(24-18-11-12-19(22-15-18)26-14-6-13-23-26)25-20(17-9-4-5-10-17)16-7-2-1-3-8-16/h1-3,6-8,11-15,17,20H,4-5,9-10H2,(H2,24,25,27). The Morgan fingerprint density at radius 1 is 1.07 bits per heavy atom. The summed E-state index contributed by atoms with van der Waals surface area (Å²) in [4.78, 5) is 16.9. The lowest BCUT2D eigenvalue weighted by atomic mass is 9.92. The van der Waals surface area contributed by atoms with Crippen molar-refractivity contribution in [1.82, 2.24) is 20.1 Å². The molecule has 2 heterocycles. The van der Waals surface area contributed by atoms with Crippen LogP contribution in [0, 0.1) is 5.92 Å². The highest BCUT2D eigenvalue weighted by Gasteiger charge is 2.27. The number of hydrogen-bond acceptors (Lipinski definition) is 3. The second-order valence-electron chi connectivity index (χ2n) is 6.89. The quantitative estimate of drug-likeness (QED) is 0.711. The molecule has 1 aromatic carbocycles. The molecule has 0 spiro atoms. The Morgan fingerprint density at radius 3 is 2.56 bits per heavy atom. The van der Waals surface area contributed by atoms with E-state index in [1.54, 1.807) is 17.1 Å². The fourth-order valence-electron chi connectivity index (χ4n) is 3.73. The number of carbonyl (C=O) groups is 1. The topological polar surface area (TPSA) is 71.8 Å². The lowest BCUT2D eigenvalue weighted by molar-refractivity contribution is 0.242. The van der Waals surface area contributed by atoms with E-state index in [1.807, 2.05) is 42.6 Å². The van der Waals surface area contributed by atoms with Gasteiger partial charge in [-0.05, 0) is 42.5 Å². The number of carbonyl (C=O) groups excluding carboxylic acids is 1. The van der Waals surface area contributed by atoms with Crippen LogP contribution in [0.3, 0.4) is 0 Å². The molecule has 0 aliphatic heterocycles. The number of nitrogens with zero attached hydrogens (tertiary/aromatic N) is 3. The molecule has 4 rings (SSSR count). The Labute approximate surface area is 158 Å². The molecule has 0 radical (unpaired) electrons. The van der Waals surface area contributed by atoms with Crippen LogP contribution in [0.15, 0.2) is 67.1 Å². The molecule has 1 unspecified atom stereocenters. The first kappa shape index (κ1) is 17.3. The van der Waals surface area contributed by atoms with Gasteiger partial charge in [0.25, 0.3) is 0 Å². The number of hydrogen-bond donors (Lipinski definition) is 2. The zero-order chi connectivity index (χ0) is 18.5. The summed E-state index contributed by atoms with van der Waals surface area (Å²) in [5.41, 5.74) is 1.81. The van der Waals surface area contributed by atoms with Crippen LogP contribution < -0.4 is 10.6 Å². The minimum atomic E-state index is -0.204. The van der Waals surface area contributed by atoms with Crippen molar-refractivity contribution in [3.63, 3.8) is 0 Å². The van der Waals surface area contributed by atoms with Gasteiger partial charge in [0.2, 0.25) is 0 Å². The minimum absolute atomic E-state index is 0.0324. The number of pyridine rings is 1. The van der Waals surface area contributed by atoms with Gasteiger partial charge < -0.3 is 10.6 Å². The molecular formula is C21H23N5O. The summed E-state index contributed by atoms with van der Waals surface area (Å²) in [5, 5.41) is 10.2. The van der Waals surface area contributed by atoms with E-state index in [0.29, 0.717) is 17.4 Å². The van der Waals surface area contributed by atoms with Crippen LogP contribution in [-0.2, 0) is 0 Å². The fourth-order valence-corrected chi connectivity index (χ4v) is 3.73. The summed E-state index contributed by atoms with van der Waals surface area (Å²) >= 11 is 0. The lowest BCUT2D eigenvalue weighted by Gasteiger charge is -2.25. The number of urea groups is 1. The molecule has 1 aliphatic rings. The van der Waals surface area contributed by atoms with Gasteiger partial charge in [-0.1, -0.05) is 43.2 Å². The first-order valence-corrected chi connectivity index (χ1v) is 9.38. The van der Waals surface area contributed by atoms with Crippen molar-refractivity contribution in [3.8, 4) is 5.82 Å². The second kappa shape index (κ2) is 8.03. The Balaban J connectivity index is 1.43. The zero-order valence-corrected chi connectivity index (χ0v) is 15.1. The Morgan fingerprint density at radius 2 is 1.89 bits per heavy atom. The first-order valence-electron chi connectivity index (χ1n) is 9.38. The van der Waals surface area contributed by atoms with Crippen LogP contribution >= 0.6 is 0 Å². The van der Waals surface area contributed by atoms with Crippen molar-refractivity contribution in [2.75, 3.05) is 5.32 Å². The smallest absolute Gasteiger partial charge is 0.319 e. The van der Waals surface area contributed by atoms with Crippen molar-refractivity contribution < 1.29 is 4.79 Å². The third-order valence-electron chi connectivity index (χ3n) is 5.06. The molecule has 0 bridgehead atoms. The van der Waals surface area contributed by atoms with E-state index in [1.165, 1.54) is 12.8 Å². The summed E-state index contributed by atoms with van der Waals surface area (Å²) in [6.45, 7) is 0. The Hall–Kier alpha value is -3.15. The number of aromatic nitrogens is 3. The van der Waals surface area contributed by atoms with Gasteiger partial charge in [-0.3, -0.25) is 0 Å². The molecule has 6 nitrogen and oxygen atoms in total. The van der Waals surface area contributed by atoms with Gasteiger partial charge >= 0.3 is 6.03 Å². The predicted molar refractivity (Wildman–Crippen MR) is 105 cm³/mol. The van der Waals surface area contributed by atoms with E-state index in [9.17, 15) is 4.79 Å². The maximum atomic E-state index is 12.6. The maximum absolute atomic E-state index is 12.6. The zero-order valence-electron chi connectivity index (χ0n) is 15.1. The van der Waals surface area contributed by atoms with Crippen molar-refractivity contribution in [1.29, 1.82) is 0 Å². The van der Waals surface area contributed by atoms with E-state index in [2.05, 4.69) is 32.8 Å².